The molecule has 1 aromatic heterocycles. The summed E-state index contributed by atoms with van der Waals surface area (Å²) in [6, 6.07) is 1.58. The summed E-state index contributed by atoms with van der Waals surface area (Å²) in [6.45, 7) is 3.51. The fourth-order valence-corrected chi connectivity index (χ4v) is 1.37. The highest BCUT2D eigenvalue weighted by Gasteiger charge is 2.14. The minimum absolute atomic E-state index is 0.134. The van der Waals surface area contributed by atoms with E-state index in [1.807, 2.05) is 0 Å². The van der Waals surface area contributed by atoms with Gasteiger partial charge in [-0.1, -0.05) is 0 Å². The predicted molar refractivity (Wildman–Crippen MR) is 54.6 cm³/mol. The average molecular weight is 210 g/mol. The summed E-state index contributed by atoms with van der Waals surface area (Å²) in [6.07, 6.45) is 0. The standard InChI is InChI=1S/C10H14N2O3/c1-6-9(10(14)15)4-8(12(6)3)5-11-7(2)13/h4H,5H2,1-3H3,(H,11,13)(H,14,15). The molecule has 82 valence electrons. The van der Waals surface area contributed by atoms with Crippen LogP contribution in [0.1, 0.15) is 28.7 Å². The summed E-state index contributed by atoms with van der Waals surface area (Å²) in [5.41, 5.74) is 1.74. The Kier molecular flexibility index (Phi) is 3.14. The first-order valence-electron chi connectivity index (χ1n) is 4.56. The van der Waals surface area contributed by atoms with Crippen LogP contribution in [0, 0.1) is 6.92 Å². The number of hydrogen-bond acceptors (Lipinski definition) is 2. The minimum Gasteiger partial charge on any atom is -0.478 e. The molecule has 0 radical (unpaired) electrons. The van der Waals surface area contributed by atoms with Crippen molar-refractivity contribution < 1.29 is 14.7 Å². The summed E-state index contributed by atoms with van der Waals surface area (Å²) in [4.78, 5) is 21.5. The number of nitrogens with zero attached hydrogens (tertiary/aromatic N) is 1. The van der Waals surface area contributed by atoms with E-state index >= 15 is 0 Å². The quantitative estimate of drug-likeness (QED) is 0.770. The zero-order valence-electron chi connectivity index (χ0n) is 9.00. The van der Waals surface area contributed by atoms with Gasteiger partial charge in [0.2, 0.25) is 5.91 Å². The van der Waals surface area contributed by atoms with Crippen molar-refractivity contribution in [3.05, 3.63) is 23.0 Å². The molecule has 1 aromatic rings. The van der Waals surface area contributed by atoms with Gasteiger partial charge < -0.3 is 15.0 Å². The highest BCUT2D eigenvalue weighted by molar-refractivity contribution is 5.89. The summed E-state index contributed by atoms with van der Waals surface area (Å²) in [5.74, 6) is -1.08. The van der Waals surface area contributed by atoms with E-state index in [-0.39, 0.29) is 11.5 Å². The van der Waals surface area contributed by atoms with Gasteiger partial charge in [0.05, 0.1) is 12.1 Å². The third-order valence-corrected chi connectivity index (χ3v) is 2.38. The molecular formula is C10H14N2O3. The lowest BCUT2D eigenvalue weighted by atomic mass is 10.2. The van der Waals surface area contributed by atoms with E-state index in [9.17, 15) is 9.59 Å². The topological polar surface area (TPSA) is 71.3 Å². The molecule has 0 saturated carbocycles. The molecule has 5 nitrogen and oxygen atoms in total. The van der Waals surface area contributed by atoms with Gasteiger partial charge in [0.1, 0.15) is 0 Å². The summed E-state index contributed by atoms with van der Waals surface area (Å²) < 4.78 is 1.76. The Morgan fingerprint density at radius 1 is 1.53 bits per heavy atom. The van der Waals surface area contributed by atoms with E-state index in [2.05, 4.69) is 5.32 Å². The normalized spacial score (nSPS) is 10.1. The number of carbonyl (C=O) groups excluding carboxylic acids is 1. The number of aromatic carboxylic acids is 1. The molecule has 15 heavy (non-hydrogen) atoms. The molecule has 0 spiro atoms. The lowest BCUT2D eigenvalue weighted by Crippen LogP contribution is -2.20. The van der Waals surface area contributed by atoms with Crippen molar-refractivity contribution in [1.29, 1.82) is 0 Å². The molecule has 0 aromatic carbocycles. The monoisotopic (exact) mass is 210 g/mol. The summed E-state index contributed by atoms with van der Waals surface area (Å²) in [5, 5.41) is 11.5. The highest BCUT2D eigenvalue weighted by Crippen LogP contribution is 2.13. The van der Waals surface area contributed by atoms with Crippen molar-refractivity contribution in [3.63, 3.8) is 0 Å². The minimum atomic E-state index is -0.947. The lowest BCUT2D eigenvalue weighted by Gasteiger charge is -2.05. The van der Waals surface area contributed by atoms with E-state index in [1.54, 1.807) is 24.6 Å². The molecule has 0 saturated heterocycles. The van der Waals surface area contributed by atoms with Crippen molar-refractivity contribution in [1.82, 2.24) is 9.88 Å². The van der Waals surface area contributed by atoms with Gasteiger partial charge in [0.15, 0.2) is 0 Å². The van der Waals surface area contributed by atoms with Gasteiger partial charge in [-0.25, -0.2) is 4.79 Å². The van der Waals surface area contributed by atoms with Gasteiger partial charge in [0, 0.05) is 25.4 Å². The molecule has 0 atom stereocenters. The third-order valence-electron chi connectivity index (χ3n) is 2.38. The van der Waals surface area contributed by atoms with Crippen LogP contribution in [0.3, 0.4) is 0 Å². The summed E-state index contributed by atoms with van der Waals surface area (Å²) >= 11 is 0. The molecule has 5 heteroatoms. The Labute approximate surface area is 87.7 Å². The maximum Gasteiger partial charge on any atom is 0.337 e. The molecule has 0 aliphatic carbocycles. The number of amides is 1. The molecule has 2 N–H and O–H groups in total. The fourth-order valence-electron chi connectivity index (χ4n) is 1.37. The van der Waals surface area contributed by atoms with Crippen LogP contribution in [-0.2, 0) is 18.4 Å². The first-order valence-corrected chi connectivity index (χ1v) is 4.56. The maximum absolute atomic E-state index is 10.8. The van der Waals surface area contributed by atoms with Gasteiger partial charge >= 0.3 is 5.97 Å². The molecular weight excluding hydrogens is 196 g/mol. The van der Waals surface area contributed by atoms with Crippen molar-refractivity contribution in [2.45, 2.75) is 20.4 Å². The van der Waals surface area contributed by atoms with Crippen molar-refractivity contribution >= 4 is 11.9 Å². The second-order valence-electron chi connectivity index (χ2n) is 3.41. The van der Waals surface area contributed by atoms with Crippen LogP contribution in [0.25, 0.3) is 0 Å². The van der Waals surface area contributed by atoms with Crippen molar-refractivity contribution in [2.75, 3.05) is 0 Å². The zero-order valence-corrected chi connectivity index (χ0v) is 9.00. The van der Waals surface area contributed by atoms with E-state index in [4.69, 9.17) is 5.11 Å². The van der Waals surface area contributed by atoms with Crippen LogP contribution in [0.2, 0.25) is 0 Å². The largest absolute Gasteiger partial charge is 0.478 e. The fraction of sp³-hybridized carbons (Fsp3) is 0.400. The Bertz CT molecular complexity index is 407. The van der Waals surface area contributed by atoms with E-state index < -0.39 is 5.97 Å². The van der Waals surface area contributed by atoms with Crippen molar-refractivity contribution in [2.24, 2.45) is 7.05 Å². The van der Waals surface area contributed by atoms with E-state index in [0.717, 1.165) is 5.69 Å². The van der Waals surface area contributed by atoms with Crippen LogP contribution < -0.4 is 5.32 Å². The van der Waals surface area contributed by atoms with Crippen molar-refractivity contribution in [3.8, 4) is 0 Å². The second-order valence-corrected chi connectivity index (χ2v) is 3.41. The number of rotatable bonds is 3. The molecule has 1 amide bonds. The SMILES string of the molecule is CC(=O)NCc1cc(C(=O)O)c(C)n1C. The number of carboxylic acids is 1. The molecule has 1 heterocycles. The molecule has 0 fully saturated rings. The first kappa shape index (κ1) is 11.3. The van der Waals surface area contributed by atoms with Crippen LogP contribution in [0.5, 0.6) is 0 Å². The predicted octanol–water partition coefficient (Wildman–Crippen LogP) is 0.668. The molecule has 0 bridgehead atoms. The van der Waals surface area contributed by atoms with Crippen LogP contribution >= 0.6 is 0 Å². The van der Waals surface area contributed by atoms with E-state index in [1.165, 1.54) is 6.92 Å². The Morgan fingerprint density at radius 3 is 2.53 bits per heavy atom. The molecule has 0 unspecified atom stereocenters. The van der Waals surface area contributed by atoms with Gasteiger partial charge in [-0.15, -0.1) is 0 Å². The Balaban J connectivity index is 2.95. The summed E-state index contributed by atoms with van der Waals surface area (Å²) in [7, 11) is 1.78. The van der Waals surface area contributed by atoms with Crippen LogP contribution in [-0.4, -0.2) is 21.6 Å². The molecule has 1 rings (SSSR count). The number of nitrogens with one attached hydrogen (secondary N) is 1. The van der Waals surface area contributed by atoms with Gasteiger partial charge in [-0.2, -0.15) is 0 Å². The number of carbonyl (C=O) groups is 2. The molecule has 0 aliphatic rings. The van der Waals surface area contributed by atoms with Gasteiger partial charge in [-0.05, 0) is 13.0 Å². The maximum atomic E-state index is 10.8. The Morgan fingerprint density at radius 2 is 2.13 bits per heavy atom. The number of hydrogen-bond donors (Lipinski definition) is 2. The smallest absolute Gasteiger partial charge is 0.337 e. The van der Waals surface area contributed by atoms with Gasteiger partial charge in [-0.3, -0.25) is 4.79 Å². The van der Waals surface area contributed by atoms with Crippen LogP contribution in [0.15, 0.2) is 6.07 Å². The van der Waals surface area contributed by atoms with Gasteiger partial charge in [0.25, 0.3) is 0 Å². The second kappa shape index (κ2) is 4.16. The van der Waals surface area contributed by atoms with E-state index in [0.29, 0.717) is 12.2 Å². The van der Waals surface area contributed by atoms with Crippen LogP contribution in [0.4, 0.5) is 0 Å². The zero-order chi connectivity index (χ0) is 11.6. The lowest BCUT2D eigenvalue weighted by molar-refractivity contribution is -0.119. The Hall–Kier alpha value is -1.78. The third kappa shape index (κ3) is 2.37. The highest BCUT2D eigenvalue weighted by atomic mass is 16.4. The first-order chi connectivity index (χ1) is 6.93. The molecule has 0 aliphatic heterocycles. The number of aromatic nitrogens is 1. The average Bonchev–Trinajstić information content (AvgIpc) is 2.41. The number of carboxylic acid groups (broad SMARTS) is 1.